The van der Waals surface area contributed by atoms with Crippen molar-refractivity contribution >= 4 is 53.4 Å². The van der Waals surface area contributed by atoms with Crippen LogP contribution in [-0.2, 0) is 16.6 Å². The fraction of sp³-hybridized carbons (Fsp3) is 0.143. The zero-order valence-corrected chi connectivity index (χ0v) is 21.6. The van der Waals surface area contributed by atoms with Gasteiger partial charge in [0.15, 0.2) is 0 Å². The van der Waals surface area contributed by atoms with Crippen LogP contribution in [0.5, 0.6) is 0 Å². The average molecular weight is 549 g/mol. The van der Waals surface area contributed by atoms with Crippen LogP contribution in [0.25, 0.3) is 21.8 Å². The lowest BCUT2D eigenvalue weighted by atomic mass is 10.2. The van der Waals surface area contributed by atoms with E-state index in [1.165, 1.54) is 4.31 Å². The molecule has 0 fully saturated rings. The van der Waals surface area contributed by atoms with E-state index in [9.17, 15) is 13.5 Å². The molecule has 4 aromatic carbocycles. The summed E-state index contributed by atoms with van der Waals surface area (Å²) in [7, 11) is -3.89. The fourth-order valence-electron chi connectivity index (χ4n) is 4.45. The van der Waals surface area contributed by atoms with E-state index in [0.717, 1.165) is 31.8 Å². The number of rotatable bonds is 7. The highest BCUT2D eigenvalue weighted by atomic mass is 79.9. The maximum absolute atomic E-state index is 13.7. The Balaban J connectivity index is 1.53. The van der Waals surface area contributed by atoms with Crippen LogP contribution in [0.3, 0.4) is 0 Å². The third-order valence-electron chi connectivity index (χ3n) is 6.17. The van der Waals surface area contributed by atoms with Crippen LogP contribution in [0.2, 0.25) is 0 Å². The summed E-state index contributed by atoms with van der Waals surface area (Å²) < 4.78 is 31.6. The second-order valence-electron chi connectivity index (χ2n) is 8.62. The Labute approximate surface area is 213 Å². The van der Waals surface area contributed by atoms with Gasteiger partial charge < -0.3 is 9.67 Å². The first-order valence-corrected chi connectivity index (χ1v) is 13.6. The molecule has 1 atom stereocenters. The molecule has 35 heavy (non-hydrogen) atoms. The van der Waals surface area contributed by atoms with Crippen molar-refractivity contribution in [1.29, 1.82) is 0 Å². The molecular formula is C28H25BrN2O3S. The zero-order chi connectivity index (χ0) is 24.6. The van der Waals surface area contributed by atoms with E-state index in [-0.39, 0.29) is 18.0 Å². The van der Waals surface area contributed by atoms with Crippen molar-refractivity contribution in [2.75, 3.05) is 10.8 Å². The molecule has 0 aliphatic heterocycles. The molecule has 0 amide bonds. The first-order valence-electron chi connectivity index (χ1n) is 11.3. The summed E-state index contributed by atoms with van der Waals surface area (Å²) in [6.45, 7) is 2.08. The Kier molecular flexibility index (Phi) is 6.40. The molecule has 0 spiro atoms. The Morgan fingerprint density at radius 2 is 1.37 bits per heavy atom. The van der Waals surface area contributed by atoms with Crippen molar-refractivity contribution in [3.63, 3.8) is 0 Å². The molecular weight excluding hydrogens is 524 g/mol. The van der Waals surface area contributed by atoms with Crippen molar-refractivity contribution in [2.24, 2.45) is 0 Å². The van der Waals surface area contributed by atoms with Gasteiger partial charge >= 0.3 is 0 Å². The van der Waals surface area contributed by atoms with Gasteiger partial charge in [-0.05, 0) is 55.5 Å². The number of para-hydroxylation sites is 2. The van der Waals surface area contributed by atoms with Crippen molar-refractivity contribution in [2.45, 2.75) is 24.5 Å². The minimum atomic E-state index is -3.89. The molecule has 0 bridgehead atoms. The zero-order valence-electron chi connectivity index (χ0n) is 19.2. The molecule has 0 aliphatic rings. The molecule has 5 aromatic rings. The minimum absolute atomic E-state index is 0.0846. The van der Waals surface area contributed by atoms with Crippen molar-refractivity contribution in [3.05, 3.63) is 107 Å². The summed E-state index contributed by atoms with van der Waals surface area (Å²) in [6, 6.07) is 30.0. The molecule has 1 aromatic heterocycles. The molecule has 1 heterocycles. The van der Waals surface area contributed by atoms with E-state index < -0.39 is 16.1 Å². The number of aromatic nitrogens is 1. The molecule has 0 saturated heterocycles. The van der Waals surface area contributed by atoms with Crippen molar-refractivity contribution < 1.29 is 13.5 Å². The number of anilines is 1. The van der Waals surface area contributed by atoms with Crippen LogP contribution in [0.1, 0.15) is 5.56 Å². The molecule has 5 nitrogen and oxygen atoms in total. The first-order chi connectivity index (χ1) is 16.8. The van der Waals surface area contributed by atoms with Crippen LogP contribution in [0.15, 0.2) is 106 Å². The van der Waals surface area contributed by atoms with E-state index in [1.807, 2.05) is 43.3 Å². The summed E-state index contributed by atoms with van der Waals surface area (Å²) in [5.41, 5.74) is 3.48. The van der Waals surface area contributed by atoms with Gasteiger partial charge in [0.1, 0.15) is 0 Å². The number of aryl methyl sites for hydroxylation is 1. The Hall–Kier alpha value is -3.13. The van der Waals surface area contributed by atoms with E-state index in [4.69, 9.17) is 0 Å². The quantitative estimate of drug-likeness (QED) is 0.266. The lowest BCUT2D eigenvalue weighted by Crippen LogP contribution is -2.39. The van der Waals surface area contributed by atoms with Crippen molar-refractivity contribution in [3.8, 4) is 0 Å². The van der Waals surface area contributed by atoms with Gasteiger partial charge in [-0.1, -0.05) is 70.0 Å². The first kappa shape index (κ1) is 23.6. The monoisotopic (exact) mass is 548 g/mol. The summed E-state index contributed by atoms with van der Waals surface area (Å²) in [4.78, 5) is 0.190. The maximum atomic E-state index is 13.7. The molecule has 1 N–H and O–H groups in total. The predicted octanol–water partition coefficient (Wildman–Crippen LogP) is 6.12. The lowest BCUT2D eigenvalue weighted by Gasteiger charge is -2.27. The van der Waals surface area contributed by atoms with E-state index in [2.05, 4.69) is 32.6 Å². The number of sulfonamides is 1. The van der Waals surface area contributed by atoms with Gasteiger partial charge in [0.05, 0.1) is 29.8 Å². The standard InChI is InChI=1S/C28H25BrN2O3S/c1-20-10-16-24(17-11-20)35(33,34)31(22-14-12-21(29)13-15-22)19-23(32)18-30-27-8-4-2-6-25(27)26-7-3-5-9-28(26)30/h2-17,23,32H,18-19H2,1H3/t23-/m0/s1. The summed E-state index contributed by atoms with van der Waals surface area (Å²) in [5, 5.41) is 13.5. The number of halogens is 1. The number of nitrogens with zero attached hydrogens (tertiary/aromatic N) is 2. The van der Waals surface area contributed by atoms with Crippen LogP contribution in [0.4, 0.5) is 5.69 Å². The van der Waals surface area contributed by atoms with Crippen LogP contribution < -0.4 is 4.31 Å². The Bertz CT molecular complexity index is 1540. The molecule has 0 radical (unpaired) electrons. The second kappa shape index (κ2) is 9.49. The number of aliphatic hydroxyl groups excluding tert-OH is 1. The third-order valence-corrected chi connectivity index (χ3v) is 8.51. The average Bonchev–Trinajstić information content (AvgIpc) is 3.17. The number of benzene rings is 4. The van der Waals surface area contributed by atoms with Gasteiger partial charge in [0.2, 0.25) is 0 Å². The fourth-order valence-corrected chi connectivity index (χ4v) is 6.21. The highest BCUT2D eigenvalue weighted by Crippen LogP contribution is 2.30. The molecule has 0 aliphatic carbocycles. The lowest BCUT2D eigenvalue weighted by molar-refractivity contribution is 0.166. The normalized spacial score (nSPS) is 12.8. The van der Waals surface area contributed by atoms with Gasteiger partial charge in [-0.25, -0.2) is 8.42 Å². The van der Waals surface area contributed by atoms with Gasteiger partial charge in [-0.15, -0.1) is 0 Å². The van der Waals surface area contributed by atoms with Crippen LogP contribution >= 0.6 is 15.9 Å². The highest BCUT2D eigenvalue weighted by Gasteiger charge is 2.28. The molecule has 5 rings (SSSR count). The van der Waals surface area contributed by atoms with Crippen LogP contribution in [-0.4, -0.2) is 30.7 Å². The molecule has 178 valence electrons. The molecule has 0 unspecified atom stereocenters. The largest absolute Gasteiger partial charge is 0.389 e. The summed E-state index contributed by atoms with van der Waals surface area (Å²) in [5.74, 6) is 0. The summed E-state index contributed by atoms with van der Waals surface area (Å²) >= 11 is 3.41. The van der Waals surface area contributed by atoms with Gasteiger partial charge in [0, 0.05) is 26.3 Å². The number of aliphatic hydroxyl groups is 1. The topological polar surface area (TPSA) is 62.5 Å². The van der Waals surface area contributed by atoms with Gasteiger partial charge in [0.25, 0.3) is 10.0 Å². The van der Waals surface area contributed by atoms with E-state index in [1.54, 1.807) is 48.5 Å². The number of fused-ring (bicyclic) bond motifs is 3. The third kappa shape index (κ3) is 4.59. The van der Waals surface area contributed by atoms with E-state index in [0.29, 0.717) is 5.69 Å². The maximum Gasteiger partial charge on any atom is 0.264 e. The predicted molar refractivity (Wildman–Crippen MR) is 145 cm³/mol. The Morgan fingerprint density at radius 3 is 1.94 bits per heavy atom. The van der Waals surface area contributed by atoms with Crippen LogP contribution in [0, 0.1) is 6.92 Å². The van der Waals surface area contributed by atoms with Crippen molar-refractivity contribution in [1.82, 2.24) is 4.57 Å². The number of hydrogen-bond donors (Lipinski definition) is 1. The SMILES string of the molecule is Cc1ccc(S(=O)(=O)N(C[C@@H](O)Cn2c3ccccc3c3ccccc32)c2ccc(Br)cc2)cc1. The van der Waals surface area contributed by atoms with Gasteiger partial charge in [-0.3, -0.25) is 4.31 Å². The van der Waals surface area contributed by atoms with E-state index >= 15 is 0 Å². The molecule has 7 heteroatoms. The van der Waals surface area contributed by atoms with Gasteiger partial charge in [-0.2, -0.15) is 0 Å². The highest BCUT2D eigenvalue weighted by molar-refractivity contribution is 9.10. The second-order valence-corrected chi connectivity index (χ2v) is 11.4. The smallest absolute Gasteiger partial charge is 0.264 e. The molecule has 0 saturated carbocycles. The Morgan fingerprint density at radius 1 is 0.829 bits per heavy atom. The number of hydrogen-bond acceptors (Lipinski definition) is 3. The summed E-state index contributed by atoms with van der Waals surface area (Å²) in [6.07, 6.45) is -0.946. The minimum Gasteiger partial charge on any atom is -0.389 e.